The molecule has 0 amide bonds. The van der Waals surface area contributed by atoms with Crippen molar-refractivity contribution in [1.82, 2.24) is 4.90 Å². The van der Waals surface area contributed by atoms with Crippen LogP contribution in [0.3, 0.4) is 0 Å². The minimum Gasteiger partial charge on any atom is -0.343 e. The molecule has 2 rings (SSSR count). The van der Waals surface area contributed by atoms with Gasteiger partial charge in [0.05, 0.1) is 11.4 Å². The van der Waals surface area contributed by atoms with Gasteiger partial charge < -0.3 is 4.90 Å². The van der Waals surface area contributed by atoms with E-state index < -0.39 is 0 Å². The summed E-state index contributed by atoms with van der Waals surface area (Å²) in [6.45, 7) is 0. The largest absolute Gasteiger partial charge is 0.343 e. The third kappa shape index (κ3) is 1.44. The Kier molecular flexibility index (Phi) is 2.27. The summed E-state index contributed by atoms with van der Waals surface area (Å²) in [5.41, 5.74) is 2.55. The van der Waals surface area contributed by atoms with Crippen molar-refractivity contribution in [2.45, 2.75) is 5.50 Å². The normalized spacial score (nSPS) is 25.4. The first kappa shape index (κ1) is 8.63. The topological polar surface area (TPSA) is 15.6 Å². The Morgan fingerprint density at radius 1 is 1.38 bits per heavy atom. The zero-order chi connectivity index (χ0) is 9.26. The first-order valence-corrected chi connectivity index (χ1v) is 5.50. The molecule has 1 unspecified atom stereocenters. The third-order valence-electron chi connectivity index (χ3n) is 2.16. The predicted molar refractivity (Wildman–Crippen MR) is 58.9 cm³/mol. The van der Waals surface area contributed by atoms with Crippen molar-refractivity contribution in [3.63, 3.8) is 0 Å². The van der Waals surface area contributed by atoms with Gasteiger partial charge in [0.15, 0.2) is 5.50 Å². The monoisotopic (exact) mass is 192 g/mol. The van der Waals surface area contributed by atoms with Gasteiger partial charge in [-0.3, -0.25) is 0 Å². The summed E-state index contributed by atoms with van der Waals surface area (Å²) in [5, 5.41) is 0. The molecular formula is C10H12N2S. The lowest BCUT2D eigenvalue weighted by Gasteiger charge is -2.18. The summed E-state index contributed by atoms with van der Waals surface area (Å²) in [6, 6.07) is 0. The van der Waals surface area contributed by atoms with Crippen molar-refractivity contribution in [2.24, 2.45) is 4.99 Å². The Labute approximate surface area is 82.7 Å². The number of nitrogens with zero attached hydrogens (tertiary/aromatic N) is 2. The van der Waals surface area contributed by atoms with Crippen LogP contribution < -0.4 is 0 Å². The maximum Gasteiger partial charge on any atom is 0.169 e. The lowest BCUT2D eigenvalue weighted by atomic mass is 10.2. The molecule has 0 aromatic carbocycles. The highest BCUT2D eigenvalue weighted by atomic mass is 32.2. The number of hydrogen-bond donors (Lipinski definition) is 0. The molecule has 1 heterocycles. The fraction of sp³-hybridized carbons (Fsp3) is 0.300. The van der Waals surface area contributed by atoms with Gasteiger partial charge in [-0.15, -0.1) is 11.8 Å². The van der Waals surface area contributed by atoms with Crippen LogP contribution in [0.5, 0.6) is 0 Å². The smallest absolute Gasteiger partial charge is 0.169 e. The molecule has 0 spiro atoms. The maximum atomic E-state index is 4.58. The lowest BCUT2D eigenvalue weighted by molar-refractivity contribution is 0.444. The molecule has 2 nitrogen and oxygen atoms in total. The standard InChI is InChI=1S/C10H12N2S/c1-12-9-7-5-3-4-6-8(9)11-10(12)13-2/h3-7,10H,1-2H3. The molecule has 0 N–H and O–H groups in total. The van der Waals surface area contributed by atoms with Crippen LogP contribution >= 0.6 is 11.8 Å². The van der Waals surface area contributed by atoms with E-state index in [0.29, 0.717) is 0 Å². The Morgan fingerprint density at radius 3 is 3.00 bits per heavy atom. The van der Waals surface area contributed by atoms with Crippen LogP contribution in [0.1, 0.15) is 0 Å². The second-order valence-electron chi connectivity index (χ2n) is 2.98. The van der Waals surface area contributed by atoms with Crippen molar-refractivity contribution in [1.29, 1.82) is 0 Å². The summed E-state index contributed by atoms with van der Waals surface area (Å²) in [7, 11) is 2.08. The summed E-state index contributed by atoms with van der Waals surface area (Å²) < 4.78 is 0. The zero-order valence-corrected chi connectivity index (χ0v) is 8.58. The number of allylic oxidation sites excluding steroid dienone is 5. The number of fused-ring (bicyclic) bond motifs is 1. The van der Waals surface area contributed by atoms with Crippen molar-refractivity contribution >= 4 is 17.5 Å². The predicted octanol–water partition coefficient (Wildman–Crippen LogP) is 2.03. The summed E-state index contributed by atoms with van der Waals surface area (Å²) >= 11 is 1.75. The van der Waals surface area contributed by atoms with E-state index in [-0.39, 0.29) is 5.50 Å². The third-order valence-corrected chi connectivity index (χ3v) is 3.01. The quantitative estimate of drug-likeness (QED) is 0.631. The van der Waals surface area contributed by atoms with Gasteiger partial charge in [0.1, 0.15) is 0 Å². The van der Waals surface area contributed by atoms with Crippen LogP contribution in [-0.4, -0.2) is 29.4 Å². The van der Waals surface area contributed by atoms with Crippen molar-refractivity contribution in [3.8, 4) is 0 Å². The van der Waals surface area contributed by atoms with Gasteiger partial charge in [-0.1, -0.05) is 18.2 Å². The van der Waals surface area contributed by atoms with Gasteiger partial charge >= 0.3 is 0 Å². The van der Waals surface area contributed by atoms with E-state index in [9.17, 15) is 0 Å². The molecule has 3 heteroatoms. The summed E-state index contributed by atoms with van der Waals surface area (Å²) in [5.74, 6) is 0. The van der Waals surface area contributed by atoms with Gasteiger partial charge in [0.25, 0.3) is 0 Å². The van der Waals surface area contributed by atoms with Gasteiger partial charge in [0, 0.05) is 7.05 Å². The van der Waals surface area contributed by atoms with Crippen molar-refractivity contribution in [2.75, 3.05) is 13.3 Å². The molecule has 1 atom stereocenters. The van der Waals surface area contributed by atoms with Crippen LogP contribution in [0, 0.1) is 0 Å². The first-order chi connectivity index (χ1) is 6.33. The number of aliphatic imine (C=N–C) groups is 1. The highest BCUT2D eigenvalue weighted by Crippen LogP contribution is 2.26. The van der Waals surface area contributed by atoms with Gasteiger partial charge in [-0.2, -0.15) is 0 Å². The molecule has 0 aromatic heterocycles. The molecule has 68 valence electrons. The van der Waals surface area contributed by atoms with E-state index in [1.54, 1.807) is 11.8 Å². The average molecular weight is 192 g/mol. The van der Waals surface area contributed by atoms with Crippen LogP contribution in [0.2, 0.25) is 0 Å². The average Bonchev–Trinajstić information content (AvgIpc) is 2.37. The van der Waals surface area contributed by atoms with Crippen LogP contribution in [0.15, 0.2) is 41.1 Å². The van der Waals surface area contributed by atoms with E-state index in [0.717, 1.165) is 5.71 Å². The molecule has 0 saturated carbocycles. The van der Waals surface area contributed by atoms with E-state index in [1.807, 2.05) is 18.2 Å². The minimum atomic E-state index is 0.248. The lowest BCUT2D eigenvalue weighted by Crippen LogP contribution is -2.21. The molecule has 1 aliphatic heterocycles. The highest BCUT2D eigenvalue weighted by molar-refractivity contribution is 7.99. The molecule has 1 aliphatic carbocycles. The SMILES string of the molecule is CSC1N=C2C=CC=CC=C2N1C. The fourth-order valence-electron chi connectivity index (χ4n) is 1.47. The van der Waals surface area contributed by atoms with Crippen molar-refractivity contribution in [3.05, 3.63) is 36.1 Å². The molecular weight excluding hydrogens is 180 g/mol. The Morgan fingerprint density at radius 2 is 2.23 bits per heavy atom. The highest BCUT2D eigenvalue weighted by Gasteiger charge is 2.24. The second kappa shape index (κ2) is 3.42. The van der Waals surface area contributed by atoms with E-state index >= 15 is 0 Å². The van der Waals surface area contributed by atoms with Gasteiger partial charge in [-0.05, 0) is 18.4 Å². The summed E-state index contributed by atoms with van der Waals surface area (Å²) in [4.78, 5) is 6.77. The van der Waals surface area contributed by atoms with Gasteiger partial charge in [-0.25, -0.2) is 4.99 Å². The Bertz CT molecular complexity index is 326. The number of hydrogen-bond acceptors (Lipinski definition) is 3. The van der Waals surface area contributed by atoms with Crippen LogP contribution in [0.4, 0.5) is 0 Å². The number of thioether (sulfide) groups is 1. The van der Waals surface area contributed by atoms with E-state index in [2.05, 4.69) is 35.3 Å². The zero-order valence-electron chi connectivity index (χ0n) is 7.77. The molecule has 0 saturated heterocycles. The Balaban J connectivity index is 2.36. The van der Waals surface area contributed by atoms with Crippen LogP contribution in [0.25, 0.3) is 0 Å². The van der Waals surface area contributed by atoms with E-state index in [4.69, 9.17) is 0 Å². The second-order valence-corrected chi connectivity index (χ2v) is 3.88. The van der Waals surface area contributed by atoms with E-state index in [1.165, 1.54) is 5.70 Å². The fourth-order valence-corrected chi connectivity index (χ4v) is 2.12. The molecule has 2 aliphatic rings. The van der Waals surface area contributed by atoms with Gasteiger partial charge in [0.2, 0.25) is 0 Å². The Hall–Kier alpha value is -0.960. The molecule has 13 heavy (non-hydrogen) atoms. The van der Waals surface area contributed by atoms with Crippen molar-refractivity contribution < 1.29 is 0 Å². The first-order valence-electron chi connectivity index (χ1n) is 4.22. The molecule has 0 radical (unpaired) electrons. The summed E-state index contributed by atoms with van der Waals surface area (Å²) in [6.07, 6.45) is 12.3. The molecule has 0 aromatic rings. The maximum absolute atomic E-state index is 4.58. The number of rotatable bonds is 1. The molecule has 0 bridgehead atoms. The van der Waals surface area contributed by atoms with Crippen LogP contribution in [-0.2, 0) is 0 Å². The minimum absolute atomic E-state index is 0.248. The molecule has 0 fully saturated rings.